The van der Waals surface area contributed by atoms with Gasteiger partial charge in [-0.25, -0.2) is 0 Å². The molecule has 1 amide bonds. The highest BCUT2D eigenvalue weighted by molar-refractivity contribution is 5.93. The lowest BCUT2D eigenvalue weighted by atomic mass is 10.2. The van der Waals surface area contributed by atoms with E-state index in [9.17, 15) is 18.0 Å². The number of aliphatic hydroxyl groups excluding tert-OH is 1. The van der Waals surface area contributed by atoms with E-state index < -0.39 is 23.9 Å². The van der Waals surface area contributed by atoms with Crippen LogP contribution >= 0.6 is 0 Å². The second-order valence-corrected chi connectivity index (χ2v) is 3.49. The molecule has 4 nitrogen and oxygen atoms in total. The third-order valence-electron chi connectivity index (χ3n) is 1.87. The summed E-state index contributed by atoms with van der Waals surface area (Å²) in [5.41, 5.74) is -1.04. The molecular weight excluding hydrogens is 237 g/mol. The molecule has 0 aliphatic heterocycles. The Morgan fingerprint density at radius 3 is 2.59 bits per heavy atom. The van der Waals surface area contributed by atoms with Crippen LogP contribution in [-0.4, -0.2) is 28.6 Å². The van der Waals surface area contributed by atoms with E-state index in [1.54, 1.807) is 0 Å². The fraction of sp³-hybridized carbons (Fsp3) is 0.400. The van der Waals surface area contributed by atoms with Gasteiger partial charge >= 0.3 is 6.18 Å². The molecule has 1 atom stereocenters. The fourth-order valence-corrected chi connectivity index (χ4v) is 1.04. The second-order valence-electron chi connectivity index (χ2n) is 3.49. The van der Waals surface area contributed by atoms with Crippen LogP contribution in [-0.2, 0) is 6.18 Å². The van der Waals surface area contributed by atoms with Gasteiger partial charge in [-0.15, -0.1) is 0 Å². The number of halogens is 3. The molecule has 94 valence electrons. The number of alkyl halides is 3. The number of carbonyl (C=O) groups excluding carboxylic acids is 1. The highest BCUT2D eigenvalue weighted by Crippen LogP contribution is 2.27. The Hall–Kier alpha value is -1.63. The van der Waals surface area contributed by atoms with Gasteiger partial charge in [0.2, 0.25) is 0 Å². The minimum Gasteiger partial charge on any atom is -0.392 e. The molecule has 0 fully saturated rings. The number of aromatic nitrogens is 1. The van der Waals surface area contributed by atoms with E-state index >= 15 is 0 Å². The van der Waals surface area contributed by atoms with Crippen molar-refractivity contribution < 1.29 is 23.1 Å². The van der Waals surface area contributed by atoms with Gasteiger partial charge in [-0.2, -0.15) is 13.2 Å². The number of nitrogens with one attached hydrogen (secondary N) is 1. The Kier molecular flexibility index (Phi) is 4.06. The van der Waals surface area contributed by atoms with Gasteiger partial charge in [0.05, 0.1) is 11.7 Å². The summed E-state index contributed by atoms with van der Waals surface area (Å²) >= 11 is 0. The highest BCUT2D eigenvalue weighted by Gasteiger charge is 2.32. The SMILES string of the molecule is C[C@H](O)CNC(=O)c1ccc(C(F)(F)F)nc1. The first-order valence-corrected chi connectivity index (χ1v) is 4.80. The Morgan fingerprint density at radius 1 is 1.53 bits per heavy atom. The Balaban J connectivity index is 2.71. The minimum absolute atomic E-state index is 0.0126. The molecule has 0 aromatic carbocycles. The second kappa shape index (κ2) is 5.13. The maximum absolute atomic E-state index is 12.2. The van der Waals surface area contributed by atoms with Crippen LogP contribution in [0.15, 0.2) is 18.3 Å². The molecule has 0 saturated carbocycles. The summed E-state index contributed by atoms with van der Waals surface area (Å²) in [6.07, 6.45) is -4.39. The number of hydrogen-bond donors (Lipinski definition) is 2. The van der Waals surface area contributed by atoms with Gasteiger partial charge in [-0.3, -0.25) is 9.78 Å². The molecule has 0 spiro atoms. The molecule has 1 rings (SSSR count). The van der Waals surface area contributed by atoms with E-state index in [1.165, 1.54) is 6.92 Å². The highest BCUT2D eigenvalue weighted by atomic mass is 19.4. The number of carbonyl (C=O) groups is 1. The zero-order chi connectivity index (χ0) is 13.1. The van der Waals surface area contributed by atoms with Gasteiger partial charge in [0.25, 0.3) is 5.91 Å². The van der Waals surface area contributed by atoms with E-state index in [1.807, 2.05) is 0 Å². The zero-order valence-electron chi connectivity index (χ0n) is 8.95. The molecule has 0 aliphatic carbocycles. The lowest BCUT2D eigenvalue weighted by Gasteiger charge is -2.08. The maximum Gasteiger partial charge on any atom is 0.433 e. The molecule has 1 aromatic heterocycles. The molecule has 17 heavy (non-hydrogen) atoms. The minimum atomic E-state index is -4.52. The van der Waals surface area contributed by atoms with Crippen molar-refractivity contribution >= 4 is 5.91 Å². The summed E-state index contributed by atoms with van der Waals surface area (Å²) in [5.74, 6) is -0.577. The van der Waals surface area contributed by atoms with Gasteiger partial charge in [-0.05, 0) is 19.1 Å². The third-order valence-corrected chi connectivity index (χ3v) is 1.87. The number of nitrogens with zero attached hydrogens (tertiary/aromatic N) is 1. The van der Waals surface area contributed by atoms with Crippen LogP contribution < -0.4 is 5.32 Å². The largest absolute Gasteiger partial charge is 0.433 e. The summed E-state index contributed by atoms with van der Waals surface area (Å²) in [7, 11) is 0. The van der Waals surface area contributed by atoms with Crippen LogP contribution in [0.2, 0.25) is 0 Å². The normalized spacial score (nSPS) is 13.2. The summed E-state index contributed by atoms with van der Waals surface area (Å²) < 4.78 is 36.5. The number of hydrogen-bond acceptors (Lipinski definition) is 3. The average Bonchev–Trinajstić information content (AvgIpc) is 2.25. The Bertz CT molecular complexity index is 388. The van der Waals surface area contributed by atoms with Crippen molar-refractivity contribution in [2.24, 2.45) is 0 Å². The van der Waals surface area contributed by atoms with Crippen molar-refractivity contribution in [3.05, 3.63) is 29.6 Å². The lowest BCUT2D eigenvalue weighted by Crippen LogP contribution is -2.30. The van der Waals surface area contributed by atoms with Crippen LogP contribution in [0.4, 0.5) is 13.2 Å². The van der Waals surface area contributed by atoms with Gasteiger partial charge in [0.1, 0.15) is 5.69 Å². The predicted molar refractivity (Wildman–Crippen MR) is 53.3 cm³/mol. The van der Waals surface area contributed by atoms with E-state index in [-0.39, 0.29) is 12.1 Å². The zero-order valence-corrected chi connectivity index (χ0v) is 8.95. The van der Waals surface area contributed by atoms with E-state index in [2.05, 4.69) is 10.3 Å². The molecule has 0 radical (unpaired) electrons. The average molecular weight is 248 g/mol. The Labute approximate surface area is 95.5 Å². The van der Waals surface area contributed by atoms with Crippen molar-refractivity contribution in [1.82, 2.24) is 10.3 Å². The number of pyridine rings is 1. The summed E-state index contributed by atoms with van der Waals surface area (Å²) in [5, 5.41) is 11.3. The van der Waals surface area contributed by atoms with Crippen molar-refractivity contribution in [2.45, 2.75) is 19.2 Å². The van der Waals surface area contributed by atoms with Crippen molar-refractivity contribution in [3.8, 4) is 0 Å². The standard InChI is InChI=1S/C10H11F3N2O2/c1-6(16)4-15-9(17)7-2-3-8(14-5-7)10(11,12)13/h2-3,5-6,16H,4H2,1H3,(H,15,17)/t6-/m0/s1. The molecule has 2 N–H and O–H groups in total. The van der Waals surface area contributed by atoms with Crippen molar-refractivity contribution in [2.75, 3.05) is 6.54 Å². The van der Waals surface area contributed by atoms with Crippen LogP contribution in [0.25, 0.3) is 0 Å². The smallest absolute Gasteiger partial charge is 0.392 e. The lowest BCUT2D eigenvalue weighted by molar-refractivity contribution is -0.141. The first-order chi connectivity index (χ1) is 7.80. The first-order valence-electron chi connectivity index (χ1n) is 4.80. The van der Waals surface area contributed by atoms with Gasteiger partial charge in [-0.1, -0.05) is 0 Å². The van der Waals surface area contributed by atoms with Gasteiger partial charge < -0.3 is 10.4 Å². The number of aliphatic hydroxyl groups is 1. The van der Waals surface area contributed by atoms with Crippen LogP contribution in [0.1, 0.15) is 23.0 Å². The summed E-state index contributed by atoms with van der Waals surface area (Å²) in [6, 6.07) is 1.77. The molecule has 0 saturated heterocycles. The van der Waals surface area contributed by atoms with E-state index in [4.69, 9.17) is 5.11 Å². The fourth-order valence-electron chi connectivity index (χ4n) is 1.04. The predicted octanol–water partition coefficient (Wildman–Crippen LogP) is 1.21. The van der Waals surface area contributed by atoms with E-state index in [0.717, 1.165) is 18.3 Å². The summed E-state index contributed by atoms with van der Waals surface area (Å²) in [6.45, 7) is 1.51. The topological polar surface area (TPSA) is 62.2 Å². The molecule has 7 heteroatoms. The van der Waals surface area contributed by atoms with Crippen LogP contribution in [0, 0.1) is 0 Å². The maximum atomic E-state index is 12.2. The van der Waals surface area contributed by atoms with Crippen LogP contribution in [0.3, 0.4) is 0 Å². The Morgan fingerprint density at radius 2 is 2.18 bits per heavy atom. The molecule has 0 bridgehead atoms. The summed E-state index contributed by atoms with van der Waals surface area (Å²) in [4.78, 5) is 14.5. The monoisotopic (exact) mass is 248 g/mol. The van der Waals surface area contributed by atoms with Crippen molar-refractivity contribution in [3.63, 3.8) is 0 Å². The third kappa shape index (κ3) is 4.03. The number of amides is 1. The number of rotatable bonds is 3. The van der Waals surface area contributed by atoms with Gasteiger partial charge in [0, 0.05) is 12.7 Å². The quantitative estimate of drug-likeness (QED) is 0.845. The van der Waals surface area contributed by atoms with E-state index in [0.29, 0.717) is 0 Å². The molecule has 1 aromatic rings. The molecule has 1 heterocycles. The molecular formula is C10H11F3N2O2. The molecule has 0 unspecified atom stereocenters. The van der Waals surface area contributed by atoms with Gasteiger partial charge in [0.15, 0.2) is 0 Å². The first kappa shape index (κ1) is 13.4. The van der Waals surface area contributed by atoms with Crippen molar-refractivity contribution in [1.29, 1.82) is 0 Å². The molecule has 0 aliphatic rings. The van der Waals surface area contributed by atoms with Crippen LogP contribution in [0.5, 0.6) is 0 Å².